The molecule has 2 N–H and O–H groups in total. The van der Waals surface area contributed by atoms with Crippen molar-refractivity contribution >= 4 is 21.6 Å². The average Bonchev–Trinajstić information content (AvgIpc) is 3.01. The minimum absolute atomic E-state index is 0.0503. The Labute approximate surface area is 132 Å². The van der Waals surface area contributed by atoms with Gasteiger partial charge in [-0.3, -0.25) is 20.3 Å². The summed E-state index contributed by atoms with van der Waals surface area (Å²) in [6.07, 6.45) is 3.10. The summed E-state index contributed by atoms with van der Waals surface area (Å²) in [7, 11) is -4.46. The normalized spacial score (nSPS) is 15.6. The molecule has 1 aliphatic rings. The van der Waals surface area contributed by atoms with Crippen molar-refractivity contribution in [3.63, 3.8) is 0 Å². The molecule has 1 fully saturated rings. The van der Waals surface area contributed by atoms with Gasteiger partial charge in [0.25, 0.3) is 15.7 Å². The minimum atomic E-state index is -4.46. The summed E-state index contributed by atoms with van der Waals surface area (Å²) in [5.74, 6) is -1.68. The number of nitrogens with zero attached hydrogens (tertiary/aromatic N) is 1. The van der Waals surface area contributed by atoms with E-state index in [1.165, 1.54) is 6.92 Å². The fourth-order valence-electron chi connectivity index (χ4n) is 2.47. The van der Waals surface area contributed by atoms with E-state index in [9.17, 15) is 27.7 Å². The first kappa shape index (κ1) is 17.3. The third kappa shape index (κ3) is 3.82. The number of nitrogens with one attached hydrogen (secondary N) is 2. The topological polar surface area (TPSA) is 118 Å². The summed E-state index contributed by atoms with van der Waals surface area (Å²) in [6, 6.07) is 1.40. The van der Waals surface area contributed by atoms with Crippen LogP contribution in [0.3, 0.4) is 0 Å². The van der Waals surface area contributed by atoms with Crippen LogP contribution in [0.15, 0.2) is 17.0 Å². The van der Waals surface area contributed by atoms with Crippen LogP contribution in [-0.2, 0) is 14.8 Å². The van der Waals surface area contributed by atoms with Crippen LogP contribution in [0.2, 0.25) is 0 Å². The number of carbonyl (C=O) groups excluding carboxylic acids is 1. The molecule has 0 heterocycles. The summed E-state index contributed by atoms with van der Waals surface area (Å²) < 4.78 is 37.9. The van der Waals surface area contributed by atoms with Crippen molar-refractivity contribution in [2.24, 2.45) is 5.92 Å². The van der Waals surface area contributed by atoms with Crippen LogP contribution in [0.4, 0.5) is 10.1 Å². The third-order valence-corrected chi connectivity index (χ3v) is 5.04. The Kier molecular flexibility index (Phi) is 4.95. The largest absolute Gasteiger partial charge is 0.289 e. The molecule has 23 heavy (non-hydrogen) atoms. The molecule has 126 valence electrons. The van der Waals surface area contributed by atoms with E-state index < -0.39 is 37.3 Å². The molecule has 8 nitrogen and oxygen atoms in total. The van der Waals surface area contributed by atoms with E-state index in [1.807, 2.05) is 5.43 Å². The molecular formula is C13H16FN3O5S. The number of amides is 1. The van der Waals surface area contributed by atoms with Gasteiger partial charge in [0.1, 0.15) is 5.82 Å². The number of hydrogen-bond acceptors (Lipinski definition) is 5. The number of carbonyl (C=O) groups is 1. The summed E-state index contributed by atoms with van der Waals surface area (Å²) in [5, 5.41) is 11.0. The molecule has 1 aliphatic carbocycles. The van der Waals surface area contributed by atoms with Crippen LogP contribution < -0.4 is 10.3 Å². The van der Waals surface area contributed by atoms with Gasteiger partial charge < -0.3 is 0 Å². The van der Waals surface area contributed by atoms with E-state index in [2.05, 4.69) is 0 Å². The van der Waals surface area contributed by atoms with Crippen LogP contribution >= 0.6 is 0 Å². The van der Waals surface area contributed by atoms with Crippen LogP contribution in [0.5, 0.6) is 0 Å². The van der Waals surface area contributed by atoms with Crippen molar-refractivity contribution in [3.05, 3.63) is 33.6 Å². The first-order valence-electron chi connectivity index (χ1n) is 6.98. The molecule has 1 aromatic carbocycles. The van der Waals surface area contributed by atoms with Crippen LogP contribution in [0, 0.1) is 28.8 Å². The summed E-state index contributed by atoms with van der Waals surface area (Å²) >= 11 is 0. The lowest BCUT2D eigenvalue weighted by atomic mass is 10.1. The van der Waals surface area contributed by atoms with E-state index in [1.54, 1.807) is 4.83 Å². The Balaban J connectivity index is 2.23. The zero-order chi connectivity index (χ0) is 17.2. The van der Waals surface area contributed by atoms with E-state index in [-0.39, 0.29) is 11.5 Å². The maximum Gasteiger partial charge on any atom is 0.289 e. The Morgan fingerprint density at radius 2 is 1.96 bits per heavy atom. The predicted octanol–water partition coefficient (Wildman–Crippen LogP) is 1.54. The highest BCUT2D eigenvalue weighted by Gasteiger charge is 2.29. The van der Waals surface area contributed by atoms with E-state index >= 15 is 0 Å². The number of sulfonamides is 1. The van der Waals surface area contributed by atoms with Crippen LogP contribution in [-0.4, -0.2) is 19.2 Å². The standard InChI is InChI=1S/C13H16FN3O5S/c1-8-6-11(17(19)20)12(7-10(8)14)23(21,22)16-15-13(18)9-4-2-3-5-9/h6-7,9,16H,2-5H2,1H3,(H,15,18). The second-order valence-electron chi connectivity index (χ2n) is 5.40. The third-order valence-electron chi connectivity index (χ3n) is 3.76. The molecule has 10 heteroatoms. The molecule has 0 unspecified atom stereocenters. The molecule has 2 rings (SSSR count). The van der Waals surface area contributed by atoms with Crippen molar-refractivity contribution < 1.29 is 22.5 Å². The molecule has 0 radical (unpaired) electrons. The molecule has 0 aromatic heterocycles. The number of halogens is 1. The fourth-order valence-corrected chi connectivity index (χ4v) is 3.48. The number of nitro groups is 1. The second-order valence-corrected chi connectivity index (χ2v) is 7.05. The second kappa shape index (κ2) is 6.59. The van der Waals surface area contributed by atoms with Crippen molar-refractivity contribution in [1.29, 1.82) is 0 Å². The van der Waals surface area contributed by atoms with Crippen molar-refractivity contribution in [2.45, 2.75) is 37.5 Å². The van der Waals surface area contributed by atoms with Crippen molar-refractivity contribution in [2.75, 3.05) is 0 Å². The Morgan fingerprint density at radius 1 is 1.35 bits per heavy atom. The molecule has 0 atom stereocenters. The molecule has 0 spiro atoms. The van der Waals surface area contributed by atoms with Gasteiger partial charge in [-0.05, 0) is 25.3 Å². The Hall–Kier alpha value is -2.07. The van der Waals surface area contributed by atoms with Gasteiger partial charge >= 0.3 is 0 Å². The van der Waals surface area contributed by atoms with Gasteiger partial charge in [0.15, 0.2) is 4.90 Å². The van der Waals surface area contributed by atoms with Crippen molar-refractivity contribution in [1.82, 2.24) is 10.3 Å². The molecule has 1 saturated carbocycles. The fraction of sp³-hybridized carbons (Fsp3) is 0.462. The van der Waals surface area contributed by atoms with Gasteiger partial charge in [0.05, 0.1) is 4.92 Å². The average molecular weight is 345 g/mol. The number of aryl methyl sites for hydroxylation is 1. The van der Waals surface area contributed by atoms with Crippen LogP contribution in [0.1, 0.15) is 31.2 Å². The maximum absolute atomic E-state index is 13.6. The quantitative estimate of drug-likeness (QED) is 0.620. The lowest BCUT2D eigenvalue weighted by Crippen LogP contribution is -2.44. The summed E-state index contributed by atoms with van der Waals surface area (Å²) in [6.45, 7) is 1.29. The van der Waals surface area contributed by atoms with E-state index in [0.717, 1.165) is 18.9 Å². The molecule has 1 amide bonds. The summed E-state index contributed by atoms with van der Waals surface area (Å²) in [5.41, 5.74) is 1.23. The molecular weight excluding hydrogens is 329 g/mol. The predicted molar refractivity (Wildman–Crippen MR) is 78.2 cm³/mol. The number of nitro benzene ring substituents is 1. The van der Waals surface area contributed by atoms with Gasteiger partial charge in [-0.25, -0.2) is 12.8 Å². The monoisotopic (exact) mass is 345 g/mol. The zero-order valence-electron chi connectivity index (χ0n) is 12.3. The van der Waals surface area contributed by atoms with Crippen molar-refractivity contribution in [3.8, 4) is 0 Å². The van der Waals surface area contributed by atoms with Gasteiger partial charge in [0.2, 0.25) is 5.91 Å². The zero-order valence-corrected chi connectivity index (χ0v) is 13.2. The van der Waals surface area contributed by atoms with E-state index in [4.69, 9.17) is 0 Å². The van der Waals surface area contributed by atoms with Gasteiger partial charge in [-0.2, -0.15) is 0 Å². The Morgan fingerprint density at radius 3 is 2.52 bits per heavy atom. The molecule has 0 saturated heterocycles. The highest BCUT2D eigenvalue weighted by molar-refractivity contribution is 7.89. The molecule has 0 aliphatic heterocycles. The van der Waals surface area contributed by atoms with Gasteiger partial charge in [-0.1, -0.05) is 12.8 Å². The highest BCUT2D eigenvalue weighted by Crippen LogP contribution is 2.27. The first-order chi connectivity index (χ1) is 10.7. The minimum Gasteiger partial charge on any atom is -0.277 e. The van der Waals surface area contributed by atoms with Crippen LogP contribution in [0.25, 0.3) is 0 Å². The number of rotatable bonds is 5. The maximum atomic E-state index is 13.6. The smallest absolute Gasteiger partial charge is 0.277 e. The lowest BCUT2D eigenvalue weighted by molar-refractivity contribution is -0.387. The summed E-state index contributed by atoms with van der Waals surface area (Å²) in [4.78, 5) is 22.8. The SMILES string of the molecule is Cc1cc([N+](=O)[O-])c(S(=O)(=O)NNC(=O)C2CCCC2)cc1F. The number of hydrogen-bond donors (Lipinski definition) is 2. The number of benzene rings is 1. The first-order valence-corrected chi connectivity index (χ1v) is 8.47. The lowest BCUT2D eigenvalue weighted by Gasteiger charge is -2.12. The Bertz CT molecular complexity index is 744. The highest BCUT2D eigenvalue weighted by atomic mass is 32.2. The van der Waals surface area contributed by atoms with Gasteiger partial charge in [0, 0.05) is 18.1 Å². The molecule has 1 aromatic rings. The van der Waals surface area contributed by atoms with E-state index in [0.29, 0.717) is 18.9 Å². The number of hydrazine groups is 1. The van der Waals surface area contributed by atoms with Gasteiger partial charge in [-0.15, -0.1) is 4.83 Å². The molecule has 0 bridgehead atoms.